The Balaban J connectivity index is -0.000000137. The van der Waals surface area contributed by atoms with Crippen molar-refractivity contribution in [2.45, 2.75) is 41.5 Å². The third-order valence-electron chi connectivity index (χ3n) is 4.26. The van der Waals surface area contributed by atoms with Crippen molar-refractivity contribution >= 4 is 47.2 Å². The largest absolute Gasteiger partial charge is 3.00 e. The van der Waals surface area contributed by atoms with Crippen molar-refractivity contribution in [1.29, 1.82) is 0 Å². The van der Waals surface area contributed by atoms with Gasteiger partial charge in [-0.15, -0.1) is 11.5 Å². The van der Waals surface area contributed by atoms with E-state index >= 15 is 0 Å². The van der Waals surface area contributed by atoms with Crippen molar-refractivity contribution in [3.05, 3.63) is 83.3 Å². The van der Waals surface area contributed by atoms with Crippen molar-refractivity contribution in [3.8, 4) is 11.5 Å². The van der Waals surface area contributed by atoms with E-state index in [2.05, 4.69) is 30.7 Å². The molecular weight excluding hydrogens is 985 g/mol. The second-order valence-electron chi connectivity index (χ2n) is 8.48. The second-order valence-corrected chi connectivity index (χ2v) is 8.48. The van der Waals surface area contributed by atoms with Crippen LogP contribution < -0.4 is 30.6 Å². The molecule has 18 nitrogen and oxygen atoms in total. The summed E-state index contributed by atoms with van der Waals surface area (Å²) in [7, 11) is 2.00. The van der Waals surface area contributed by atoms with E-state index in [1.807, 2.05) is 0 Å². The number of aliphatic hydroxyl groups is 2. The minimum Gasteiger partial charge on any atom is -0.876 e. The Morgan fingerprint density at radius 3 is 1.02 bits per heavy atom. The van der Waals surface area contributed by atoms with Gasteiger partial charge in [0.15, 0.2) is 11.6 Å². The SMILES string of the molecule is CC(=N\O)/C([O-])=N/N=C/c1ccccc1[O-].CC(=N\O)/C([O-])=N/N=C/c1ccccc1[O-].CC(=O)/C=C(/C)[O-].CC(=O)/C=C(/C)[O-].CO.CO.[Dy+3].[Dy+3]. The number of carbonyl (C=O) groups is 2. The van der Waals surface area contributed by atoms with E-state index in [9.17, 15) is 40.2 Å². The van der Waals surface area contributed by atoms with Crippen LogP contribution in [0.3, 0.4) is 0 Å². The quantitative estimate of drug-likeness (QED) is 0.0575. The number of allylic oxidation sites excluding steroid dienone is 4. The smallest absolute Gasteiger partial charge is 0.876 e. The fourth-order valence-corrected chi connectivity index (χ4v) is 2.26. The van der Waals surface area contributed by atoms with Gasteiger partial charge in [0.1, 0.15) is 0 Å². The number of para-hydroxylation sites is 2. The zero-order valence-corrected chi connectivity index (χ0v) is 33.4. The summed E-state index contributed by atoms with van der Waals surface area (Å²) in [6, 6.07) is 12.4. The number of nitrogens with zero attached hydrogens (tertiary/aromatic N) is 6. The van der Waals surface area contributed by atoms with Crippen LogP contribution in [-0.2, 0) is 9.59 Å². The Bertz CT molecular complexity index is 1420. The van der Waals surface area contributed by atoms with Crippen LogP contribution in [0.2, 0.25) is 0 Å². The van der Waals surface area contributed by atoms with Gasteiger partial charge >= 0.3 is 76.3 Å². The predicted molar refractivity (Wildman–Crippen MR) is 177 cm³/mol. The number of hydrogen-bond donors (Lipinski definition) is 4. The first-order chi connectivity index (χ1) is 23.5. The van der Waals surface area contributed by atoms with Gasteiger partial charge in [-0.2, -0.15) is 20.4 Å². The Morgan fingerprint density at radius 2 is 0.827 bits per heavy atom. The molecule has 290 valence electrons. The Hall–Kier alpha value is -3.85. The molecule has 0 aromatic heterocycles. The molecule has 0 atom stereocenters. The summed E-state index contributed by atoms with van der Waals surface area (Å²) in [6.07, 6.45) is 4.45. The normalized spacial score (nSPS) is 11.5. The summed E-state index contributed by atoms with van der Waals surface area (Å²) in [6.45, 7) is 7.98. The molecule has 2 aromatic rings. The van der Waals surface area contributed by atoms with E-state index in [1.165, 1.54) is 66.1 Å². The molecule has 0 heterocycles. The maximum absolute atomic E-state index is 11.2. The van der Waals surface area contributed by atoms with Gasteiger partial charge in [-0.05, 0) is 51.0 Å². The van der Waals surface area contributed by atoms with Gasteiger partial charge in [-0.1, -0.05) is 84.2 Å². The standard InChI is InChI=1S/2C10H11N3O3.2C5H8O2.2CH4O.2Dy/c2*1-7(13-16)10(15)12-11-6-8-4-2-3-5-9(8)14;2*1-4(6)3-5(2)7;2*1-2;;/h2*2-6,14,16H,1H3,(H,12,15);2*3,6H,1-2H3;2*2H,1H3;;/q;;;;;;2*+3/p-6/b2*11-6+,13-7+;2*4-3-;;;;. The van der Waals surface area contributed by atoms with Crippen molar-refractivity contribution in [2.24, 2.45) is 30.7 Å². The molecule has 0 aliphatic rings. The van der Waals surface area contributed by atoms with E-state index in [0.29, 0.717) is 11.1 Å². The van der Waals surface area contributed by atoms with Crippen molar-refractivity contribution in [2.75, 3.05) is 14.2 Å². The number of rotatable bonds is 8. The summed E-state index contributed by atoms with van der Waals surface area (Å²) >= 11 is 0. The molecule has 2 radical (unpaired) electrons. The Kier molecular flexibility index (Phi) is 46.3. The molecule has 0 aliphatic carbocycles. The first kappa shape index (κ1) is 60.2. The van der Waals surface area contributed by atoms with Gasteiger partial charge in [0.05, 0.1) is 23.9 Å². The van der Waals surface area contributed by atoms with Crippen LogP contribution in [0.4, 0.5) is 0 Å². The summed E-state index contributed by atoms with van der Waals surface area (Å²) in [5, 5.41) is 114. The van der Waals surface area contributed by atoms with Crippen molar-refractivity contribution in [3.63, 3.8) is 0 Å². The van der Waals surface area contributed by atoms with Gasteiger partial charge in [-0.25, -0.2) is 0 Å². The van der Waals surface area contributed by atoms with Crippen molar-refractivity contribution in [1.82, 2.24) is 0 Å². The third kappa shape index (κ3) is 37.4. The molecule has 2 aromatic carbocycles. The zero-order chi connectivity index (χ0) is 39.7. The number of carbonyl (C=O) groups excluding carboxylic acids is 2. The zero-order valence-electron chi connectivity index (χ0n) is 29.3. The van der Waals surface area contributed by atoms with E-state index < -0.39 is 11.8 Å². The van der Waals surface area contributed by atoms with E-state index in [4.69, 9.17) is 20.6 Å². The molecule has 20 heteroatoms. The molecular formula is C32H40Dy2N6O12. The Morgan fingerprint density at radius 1 is 0.558 bits per heavy atom. The van der Waals surface area contributed by atoms with Crippen molar-refractivity contribution < 1.29 is 137 Å². The molecule has 0 aliphatic heterocycles. The summed E-state index contributed by atoms with van der Waals surface area (Å²) in [5.41, 5.74) is 0.315. The summed E-state index contributed by atoms with van der Waals surface area (Å²) in [4.78, 5) is 20.0. The van der Waals surface area contributed by atoms with Gasteiger partial charge in [-0.3, -0.25) is 9.59 Å². The fraction of sp³-hybridized carbons (Fsp3) is 0.250. The van der Waals surface area contributed by atoms with E-state index in [-0.39, 0.29) is 122 Å². The number of hydrogen-bond acceptors (Lipinski definition) is 18. The van der Waals surface area contributed by atoms with E-state index in [1.54, 1.807) is 36.4 Å². The minimum absolute atomic E-state index is 0. The Labute approximate surface area is 362 Å². The van der Waals surface area contributed by atoms with Crippen LogP contribution in [0.5, 0.6) is 11.5 Å². The molecule has 0 bridgehead atoms. The van der Waals surface area contributed by atoms with Crippen LogP contribution in [0.15, 0.2) is 103 Å². The van der Waals surface area contributed by atoms with Gasteiger partial charge in [0, 0.05) is 26.0 Å². The van der Waals surface area contributed by atoms with Crippen LogP contribution in [0, 0.1) is 76.3 Å². The molecule has 0 saturated carbocycles. The topological polar surface area (TPSA) is 328 Å². The minimum atomic E-state index is -0.762. The number of aliphatic hydroxyl groups excluding tert-OH is 2. The molecule has 0 amide bonds. The molecule has 2 rings (SSSR count). The second kappa shape index (κ2) is 39.9. The van der Waals surface area contributed by atoms with Gasteiger partial charge in [0.2, 0.25) is 0 Å². The van der Waals surface area contributed by atoms with Crippen LogP contribution in [0.1, 0.15) is 52.7 Å². The first-order valence-electron chi connectivity index (χ1n) is 13.6. The van der Waals surface area contributed by atoms with Crippen LogP contribution in [0.25, 0.3) is 0 Å². The number of benzene rings is 2. The maximum Gasteiger partial charge on any atom is 3.00 e. The maximum atomic E-state index is 11.2. The fourth-order valence-electron chi connectivity index (χ4n) is 2.26. The molecule has 0 fully saturated rings. The average molecular weight is 1030 g/mol. The molecule has 0 unspecified atom stereocenters. The number of oxime groups is 2. The first-order valence-corrected chi connectivity index (χ1v) is 13.6. The molecule has 52 heavy (non-hydrogen) atoms. The van der Waals surface area contributed by atoms with Crippen LogP contribution in [-0.4, -0.2) is 82.1 Å². The average Bonchev–Trinajstić information content (AvgIpc) is 3.07. The molecule has 0 spiro atoms. The summed E-state index contributed by atoms with van der Waals surface area (Å²) < 4.78 is 0. The van der Waals surface area contributed by atoms with E-state index in [0.717, 1.165) is 26.4 Å². The monoisotopic (exact) mass is 1030 g/mol. The molecule has 4 N–H and O–H groups in total. The predicted octanol–water partition coefficient (Wildman–Crippen LogP) is -1.70. The number of ketones is 2. The van der Waals surface area contributed by atoms with Gasteiger partial charge in [0.25, 0.3) is 0 Å². The summed E-state index contributed by atoms with van der Waals surface area (Å²) in [5.74, 6) is -2.69. The molecule has 0 saturated heterocycles. The van der Waals surface area contributed by atoms with Crippen LogP contribution >= 0.6 is 0 Å². The van der Waals surface area contributed by atoms with Gasteiger partial charge < -0.3 is 51.3 Å². The third-order valence-corrected chi connectivity index (χ3v) is 4.26.